The standard InChI is InChI=1S/C78H127N15O33S2/c1-54(94)83-62-65(98)68(101)76(51-121-71(62)124-76)48-114-34-31-111-28-25-108-22-19-105-16-13-80-39-57(87-79)42-117-45-75(86-60(97)9-5-4-7-12-82-74(104)120-37-38-127-128-61-10-6-8-11-81-61,46-118-43-58-40-92(90-88-58)14-17-106-20-23-109-26-29-112-32-35-115-49-77-52-122-72(125-77)63(84-55(2)95)66(99)69(77)102)47-119-44-59-41-93(91-89-59)15-18-107-21-24-110-27-30-113-33-36-116-50-78-53-123-73(126-78)64(85-56(3)96)67(100)70(78)103/h6,8,10-11,39-41,62-73,79-80,98-103H,4-5,7,9,12-38,42-53H2,1-3H3,(H,82,104)(H,83,94)(H,84,95)(H,85,96)(H,86,97)/b57-39-,87-79?/t62-,63-,64-,65-,66-,67-,68-,69-,70-,71+,72-,73+,75?,76+,77+,78+/m1/s1. The fourth-order valence-electron chi connectivity index (χ4n) is 13.8. The van der Waals surface area contributed by atoms with Gasteiger partial charge in [0.1, 0.15) is 106 Å². The quantitative estimate of drug-likeness (QED) is 0.0147. The number of fused-ring (bicyclic) bond motifs is 6. The molecule has 48 nitrogen and oxygen atoms in total. The second kappa shape index (κ2) is 57.7. The minimum Gasteiger partial charge on any atom is -0.449 e. The summed E-state index contributed by atoms with van der Waals surface area (Å²) in [4.78, 5) is 65.8. The summed E-state index contributed by atoms with van der Waals surface area (Å²) in [6.45, 7) is 9.78. The lowest BCUT2D eigenvalue weighted by Crippen LogP contribution is -2.66. The van der Waals surface area contributed by atoms with E-state index in [1.807, 2.05) is 18.2 Å². The van der Waals surface area contributed by atoms with Gasteiger partial charge in [0.25, 0.3) is 0 Å². The number of aromatic nitrogens is 7. The van der Waals surface area contributed by atoms with E-state index < -0.39 is 120 Å². The minimum atomic E-state index is -1.38. The maximum absolute atomic E-state index is 14.2. The molecule has 13 N–H and O–H groups in total. The summed E-state index contributed by atoms with van der Waals surface area (Å²) < 4.78 is 130. The molecule has 6 bridgehead atoms. The molecule has 724 valence electrons. The number of alkyl carbamates (subject to hydrolysis) is 1. The number of ether oxygens (including phenoxy) is 22. The van der Waals surface area contributed by atoms with Crippen LogP contribution < -0.4 is 31.9 Å². The van der Waals surface area contributed by atoms with Crippen LogP contribution in [0, 0.1) is 5.53 Å². The minimum absolute atomic E-state index is 0.0218. The molecule has 9 rings (SSSR count). The zero-order chi connectivity index (χ0) is 91.1. The van der Waals surface area contributed by atoms with Crippen molar-refractivity contribution in [1.82, 2.24) is 66.9 Å². The molecule has 3 aromatic rings. The van der Waals surface area contributed by atoms with Crippen LogP contribution >= 0.6 is 21.6 Å². The van der Waals surface area contributed by atoms with E-state index in [4.69, 9.17) is 110 Å². The van der Waals surface area contributed by atoms with Crippen LogP contribution in [0.3, 0.4) is 0 Å². The van der Waals surface area contributed by atoms with Gasteiger partial charge in [-0.05, 0) is 35.8 Å². The Morgan fingerprint density at radius 1 is 0.523 bits per heavy atom. The van der Waals surface area contributed by atoms with Gasteiger partial charge in [0.15, 0.2) is 18.9 Å². The number of aliphatic hydroxyl groups is 6. The van der Waals surface area contributed by atoms with Crippen molar-refractivity contribution in [3.8, 4) is 0 Å². The van der Waals surface area contributed by atoms with Gasteiger partial charge in [-0.1, -0.05) is 33.7 Å². The average molecular weight is 1870 g/mol. The Morgan fingerprint density at radius 2 is 0.938 bits per heavy atom. The van der Waals surface area contributed by atoms with E-state index in [1.165, 1.54) is 48.6 Å². The fraction of sp³-hybridized carbons (Fsp3) is 0.795. The largest absolute Gasteiger partial charge is 0.449 e. The molecular weight excluding hydrogens is 1740 g/mol. The SMILES string of the molecule is CC(=O)N[C@H]1[C@@H]2OC[C@](COCCOCCOCCOCCn3cc(COCC(COC/C(=C/NCCOCCOCCOCCOC[C@@]45CO[C@@H](O4)[C@H](NC(C)=O)[C@@H](O)[C@H]5O)N=N)(COCc4cn(CCOCCOCCOCCOC[C@@]56CO[C@@H](O5)[C@H](NC(C)=O)[C@@H](O)[C@H]6O)nn4)NC(=O)CCCCCNC(=O)OCCSSc4ccccn4)nn3)(O2)[C@H](O)[C@@H]1O. The van der Waals surface area contributed by atoms with Crippen molar-refractivity contribution in [3.63, 3.8) is 0 Å². The monoisotopic (exact) mass is 1870 g/mol. The second-order valence-electron chi connectivity index (χ2n) is 30.6. The predicted molar refractivity (Wildman–Crippen MR) is 442 cm³/mol. The zero-order valence-corrected chi connectivity index (χ0v) is 74.1. The molecular formula is C78H127N15O33S2. The van der Waals surface area contributed by atoms with Gasteiger partial charge in [0.2, 0.25) is 23.6 Å². The number of nitrogens with one attached hydrogen (secondary N) is 7. The number of aliphatic hydroxyl groups excluding tert-OH is 6. The third-order valence-electron chi connectivity index (χ3n) is 20.3. The Morgan fingerprint density at radius 3 is 1.35 bits per heavy atom. The van der Waals surface area contributed by atoms with Crippen LogP contribution in [0.15, 0.2) is 58.8 Å². The van der Waals surface area contributed by atoms with E-state index in [-0.39, 0.29) is 243 Å². The van der Waals surface area contributed by atoms with Gasteiger partial charge in [-0.3, -0.25) is 19.2 Å². The maximum atomic E-state index is 14.2. The first-order chi connectivity index (χ1) is 62.1. The molecule has 9 heterocycles. The third kappa shape index (κ3) is 35.7. The van der Waals surface area contributed by atoms with Crippen molar-refractivity contribution < 1.29 is 159 Å². The molecule has 1 unspecified atom stereocenters. The van der Waals surface area contributed by atoms with Gasteiger partial charge in [-0.25, -0.2) is 24.7 Å². The van der Waals surface area contributed by atoms with Gasteiger partial charge < -0.3 is 167 Å². The van der Waals surface area contributed by atoms with Crippen LogP contribution in [0.1, 0.15) is 57.8 Å². The van der Waals surface area contributed by atoms with Gasteiger partial charge in [0.05, 0.1) is 244 Å². The van der Waals surface area contributed by atoms with E-state index in [0.717, 1.165) is 5.03 Å². The Balaban J connectivity index is 0.701. The highest BCUT2D eigenvalue weighted by Gasteiger charge is 2.62. The lowest BCUT2D eigenvalue weighted by molar-refractivity contribution is -0.238. The van der Waals surface area contributed by atoms with Crippen LogP contribution in [0.4, 0.5) is 4.79 Å². The fourth-order valence-corrected chi connectivity index (χ4v) is 15.5. The molecule has 0 radical (unpaired) electrons. The van der Waals surface area contributed by atoms with Crippen molar-refractivity contribution in [2.75, 3.05) is 230 Å². The number of amides is 5. The highest BCUT2D eigenvalue weighted by Crippen LogP contribution is 2.40. The van der Waals surface area contributed by atoms with Crippen LogP contribution in [-0.2, 0) is 150 Å². The molecule has 0 aromatic carbocycles. The zero-order valence-electron chi connectivity index (χ0n) is 72.5. The van der Waals surface area contributed by atoms with E-state index in [1.54, 1.807) is 28.0 Å². The number of rotatable bonds is 71. The molecule has 6 aliphatic heterocycles. The molecule has 16 atom stereocenters. The summed E-state index contributed by atoms with van der Waals surface area (Å²) in [6, 6.07) is 2.89. The maximum Gasteiger partial charge on any atom is 0.407 e. The third-order valence-corrected chi connectivity index (χ3v) is 22.6. The Hall–Kier alpha value is -6.66. The number of carbonyl (C=O) groups is 5. The van der Waals surface area contributed by atoms with Crippen LogP contribution in [0.5, 0.6) is 0 Å². The summed E-state index contributed by atoms with van der Waals surface area (Å²) >= 11 is 0. The van der Waals surface area contributed by atoms with Gasteiger partial charge in [0, 0.05) is 58.4 Å². The highest BCUT2D eigenvalue weighted by molar-refractivity contribution is 8.76. The molecule has 128 heavy (non-hydrogen) atoms. The molecule has 6 fully saturated rings. The summed E-state index contributed by atoms with van der Waals surface area (Å²) in [5, 5.41) is 103. The van der Waals surface area contributed by atoms with Crippen molar-refractivity contribution in [2.24, 2.45) is 5.11 Å². The van der Waals surface area contributed by atoms with E-state index in [9.17, 15) is 54.6 Å². The molecule has 5 amide bonds. The first kappa shape index (κ1) is 105. The number of carbonyl (C=O) groups excluding carboxylic acids is 5. The predicted octanol–water partition coefficient (Wildman–Crippen LogP) is -3.69. The highest BCUT2D eigenvalue weighted by atomic mass is 33.1. The van der Waals surface area contributed by atoms with Crippen molar-refractivity contribution in [3.05, 3.63) is 60.1 Å². The Bertz CT molecular complexity index is 3590. The van der Waals surface area contributed by atoms with Crippen LogP contribution in [0.25, 0.3) is 0 Å². The van der Waals surface area contributed by atoms with Crippen molar-refractivity contribution in [2.45, 2.75) is 174 Å². The number of hydrogen-bond donors (Lipinski definition) is 13. The van der Waals surface area contributed by atoms with E-state index in [2.05, 4.69) is 62.6 Å². The van der Waals surface area contributed by atoms with E-state index >= 15 is 0 Å². The second-order valence-corrected chi connectivity index (χ2v) is 33.1. The lowest BCUT2D eigenvalue weighted by atomic mass is 9.88. The first-order valence-corrected chi connectivity index (χ1v) is 44.9. The molecule has 6 saturated heterocycles. The van der Waals surface area contributed by atoms with E-state index in [0.29, 0.717) is 62.6 Å². The summed E-state index contributed by atoms with van der Waals surface area (Å²) in [6.07, 6.45) is -2.97. The molecule has 0 spiro atoms. The Labute approximate surface area is 748 Å². The lowest BCUT2D eigenvalue weighted by Gasteiger charge is -2.42. The van der Waals surface area contributed by atoms with Crippen molar-refractivity contribution in [1.29, 1.82) is 5.53 Å². The number of hydrogen-bond acceptors (Lipinski definition) is 43. The summed E-state index contributed by atoms with van der Waals surface area (Å²) in [7, 11) is 3.01. The van der Waals surface area contributed by atoms with Gasteiger partial charge in [-0.15, -0.1) is 10.2 Å². The van der Waals surface area contributed by atoms with Crippen LogP contribution in [0.2, 0.25) is 0 Å². The molecule has 0 aliphatic carbocycles. The Kier molecular flexibility index (Phi) is 47.4. The molecule has 50 heteroatoms. The topological polar surface area (TPSA) is 592 Å². The molecule has 0 saturated carbocycles. The normalized spacial score (nSPS) is 25.7. The van der Waals surface area contributed by atoms with Crippen LogP contribution in [-0.4, -0.2) is 422 Å². The summed E-state index contributed by atoms with van der Waals surface area (Å²) in [5.74, 6) is -0.977. The average Bonchev–Trinajstić information content (AvgIpc) is 1.61. The van der Waals surface area contributed by atoms with Gasteiger partial charge >= 0.3 is 6.09 Å². The molecule has 3 aromatic heterocycles. The number of nitrogens with zero attached hydrogens (tertiary/aromatic N) is 8. The van der Waals surface area contributed by atoms with Gasteiger partial charge in [-0.2, -0.15) is 5.11 Å². The smallest absolute Gasteiger partial charge is 0.407 e. The first-order valence-electron chi connectivity index (χ1n) is 42.6. The summed E-state index contributed by atoms with van der Waals surface area (Å²) in [5.41, 5.74) is 3.93. The number of unbranched alkanes of at least 4 members (excludes halogenated alkanes) is 2. The molecule has 6 aliphatic rings. The van der Waals surface area contributed by atoms with Crippen molar-refractivity contribution >= 4 is 51.3 Å². The number of pyridine rings is 1.